The van der Waals surface area contributed by atoms with Crippen molar-refractivity contribution in [1.29, 1.82) is 0 Å². The number of rotatable bonds is 2. The second-order valence-corrected chi connectivity index (χ2v) is 5.27. The first-order chi connectivity index (χ1) is 9.36. The maximum absolute atomic E-state index is 12.3. The summed E-state index contributed by atoms with van der Waals surface area (Å²) in [6.07, 6.45) is 0.619. The fourth-order valence-corrected chi connectivity index (χ4v) is 2.96. The second-order valence-electron chi connectivity index (χ2n) is 4.69. The molecule has 0 fully saturated rings. The molecule has 0 aromatic heterocycles. The minimum Gasteiger partial charge on any atom is -0.468 e. The molecule has 0 radical (unpaired) electrons. The van der Waals surface area contributed by atoms with E-state index in [1.807, 2.05) is 13.0 Å². The van der Waals surface area contributed by atoms with Crippen LogP contribution in [0.15, 0.2) is 18.2 Å². The molecule has 1 heterocycles. The quantitative estimate of drug-likeness (QED) is 0.509. The van der Waals surface area contributed by atoms with Gasteiger partial charge in [0.2, 0.25) is 5.91 Å². The van der Waals surface area contributed by atoms with Gasteiger partial charge in [0.25, 0.3) is 0 Å². The Morgan fingerprint density at radius 3 is 2.75 bits per heavy atom. The van der Waals surface area contributed by atoms with Gasteiger partial charge in [-0.25, -0.2) is 0 Å². The van der Waals surface area contributed by atoms with Gasteiger partial charge in [-0.1, -0.05) is 30.7 Å². The number of amides is 1. The van der Waals surface area contributed by atoms with Crippen molar-refractivity contribution < 1.29 is 19.4 Å². The van der Waals surface area contributed by atoms with E-state index in [4.69, 9.17) is 11.6 Å². The van der Waals surface area contributed by atoms with Crippen molar-refractivity contribution in [3.05, 3.63) is 29.3 Å². The Morgan fingerprint density at radius 2 is 2.20 bits per heavy atom. The highest BCUT2D eigenvalue weighted by Gasteiger charge is 2.54. The molecule has 1 aliphatic heterocycles. The average Bonchev–Trinajstić information content (AvgIpc) is 2.43. The second kappa shape index (κ2) is 5.07. The van der Waals surface area contributed by atoms with Gasteiger partial charge in [-0.05, 0) is 18.1 Å². The van der Waals surface area contributed by atoms with Crippen LogP contribution in [-0.4, -0.2) is 31.1 Å². The van der Waals surface area contributed by atoms with Crippen LogP contribution in [0.3, 0.4) is 0 Å². The van der Waals surface area contributed by atoms with E-state index in [0.717, 1.165) is 12.7 Å². The van der Waals surface area contributed by atoms with E-state index >= 15 is 0 Å². The smallest absolute Gasteiger partial charge is 0.322 e. The number of aliphatic hydroxyl groups is 1. The van der Waals surface area contributed by atoms with Crippen LogP contribution in [0.1, 0.15) is 18.1 Å². The Kier molecular flexibility index (Phi) is 3.75. The number of carbonyl (C=O) groups excluding carboxylic acids is 2. The predicted molar refractivity (Wildman–Crippen MR) is 74.5 cm³/mol. The molecule has 6 heteroatoms. The molecule has 108 valence electrons. The van der Waals surface area contributed by atoms with Gasteiger partial charge in [-0.3, -0.25) is 9.59 Å². The van der Waals surface area contributed by atoms with E-state index in [1.165, 1.54) is 4.90 Å². The van der Waals surface area contributed by atoms with Crippen molar-refractivity contribution >= 4 is 29.2 Å². The number of anilines is 1. The molecule has 1 amide bonds. The molecule has 2 rings (SSSR count). The van der Waals surface area contributed by atoms with E-state index in [1.54, 1.807) is 19.2 Å². The molecule has 20 heavy (non-hydrogen) atoms. The summed E-state index contributed by atoms with van der Waals surface area (Å²) < 4.78 is 4.60. The van der Waals surface area contributed by atoms with E-state index in [9.17, 15) is 14.7 Å². The molecule has 2 unspecified atom stereocenters. The summed E-state index contributed by atoms with van der Waals surface area (Å²) in [7, 11) is 2.70. The van der Waals surface area contributed by atoms with Crippen LogP contribution in [0.25, 0.3) is 0 Å². The van der Waals surface area contributed by atoms with E-state index in [-0.39, 0.29) is 0 Å². The molecule has 1 N–H and O–H groups in total. The number of aryl methyl sites for hydroxylation is 1. The lowest BCUT2D eigenvalue weighted by atomic mass is 9.84. The first-order valence-electron chi connectivity index (χ1n) is 6.25. The van der Waals surface area contributed by atoms with Crippen molar-refractivity contribution in [2.75, 3.05) is 19.1 Å². The van der Waals surface area contributed by atoms with Gasteiger partial charge in [-0.15, -0.1) is 0 Å². The van der Waals surface area contributed by atoms with Gasteiger partial charge in [0.05, 0.1) is 12.8 Å². The Hall–Kier alpha value is -1.59. The molecule has 5 nitrogen and oxygen atoms in total. The Balaban J connectivity index is 2.71. The molecule has 1 aliphatic rings. The van der Waals surface area contributed by atoms with Crippen LogP contribution in [0.5, 0.6) is 0 Å². The Morgan fingerprint density at radius 1 is 1.55 bits per heavy atom. The van der Waals surface area contributed by atoms with Crippen LogP contribution in [0.2, 0.25) is 0 Å². The predicted octanol–water partition coefficient (Wildman–Crippen LogP) is 1.40. The van der Waals surface area contributed by atoms with Crippen LogP contribution in [-0.2, 0) is 25.8 Å². The number of hydrogen-bond donors (Lipinski definition) is 1. The molecule has 0 aliphatic carbocycles. The Labute approximate surface area is 122 Å². The van der Waals surface area contributed by atoms with Crippen LogP contribution in [0.4, 0.5) is 5.69 Å². The largest absolute Gasteiger partial charge is 0.468 e. The van der Waals surface area contributed by atoms with Crippen molar-refractivity contribution in [3.63, 3.8) is 0 Å². The van der Waals surface area contributed by atoms with E-state index in [0.29, 0.717) is 17.7 Å². The van der Waals surface area contributed by atoms with Gasteiger partial charge >= 0.3 is 5.97 Å². The third kappa shape index (κ3) is 1.98. The minimum absolute atomic E-state index is 0.390. The number of methoxy groups -OCH3 is 1. The molecular weight excluding hydrogens is 282 g/mol. The fraction of sp³-hybridized carbons (Fsp3) is 0.429. The van der Waals surface area contributed by atoms with Crippen LogP contribution in [0, 0.1) is 5.92 Å². The molecule has 0 saturated carbocycles. The zero-order valence-corrected chi connectivity index (χ0v) is 12.3. The summed E-state index contributed by atoms with van der Waals surface area (Å²) in [4.78, 5) is 25.4. The molecule has 1 aromatic carbocycles. The summed E-state index contributed by atoms with van der Waals surface area (Å²) in [5.74, 6) is -2.91. The molecule has 0 saturated heterocycles. The van der Waals surface area contributed by atoms with Crippen molar-refractivity contribution in [2.24, 2.45) is 5.92 Å². The number of hydrogen-bond acceptors (Lipinski definition) is 4. The van der Waals surface area contributed by atoms with Crippen LogP contribution < -0.4 is 4.90 Å². The highest BCUT2D eigenvalue weighted by atomic mass is 35.5. The summed E-state index contributed by atoms with van der Waals surface area (Å²) in [6.45, 7) is 1.91. The number of ether oxygens (including phenoxy) is 1. The van der Waals surface area contributed by atoms with Gasteiger partial charge < -0.3 is 14.7 Å². The van der Waals surface area contributed by atoms with Gasteiger partial charge in [0.1, 0.15) is 0 Å². The zero-order chi connectivity index (χ0) is 15.1. The lowest BCUT2D eigenvalue weighted by Crippen LogP contribution is -2.52. The number of carbonyl (C=O) groups is 2. The van der Waals surface area contributed by atoms with Crippen molar-refractivity contribution in [1.82, 2.24) is 0 Å². The maximum Gasteiger partial charge on any atom is 0.322 e. The maximum atomic E-state index is 12.3. The number of fused-ring (bicyclic) bond motifs is 1. The summed E-state index contributed by atoms with van der Waals surface area (Å²) in [5.41, 5.74) is 1.68. The highest BCUT2D eigenvalue weighted by Crippen LogP contribution is 2.46. The number of alkyl halides is 1. The normalized spacial score (nSPS) is 25.4. The highest BCUT2D eigenvalue weighted by molar-refractivity contribution is 6.29. The van der Waals surface area contributed by atoms with Gasteiger partial charge in [0.15, 0.2) is 11.0 Å². The third-order valence-corrected chi connectivity index (χ3v) is 4.03. The number of esters is 1. The third-order valence-electron chi connectivity index (χ3n) is 3.62. The Bertz CT molecular complexity index is 570. The average molecular weight is 298 g/mol. The summed E-state index contributed by atoms with van der Waals surface area (Å²) in [6, 6.07) is 5.28. The number of nitrogens with zero attached hydrogens (tertiary/aromatic N) is 1. The van der Waals surface area contributed by atoms with Gasteiger partial charge in [-0.2, -0.15) is 0 Å². The standard InChI is InChI=1S/C14H16ClNO4/c1-4-8-6-5-7-9-10(8)14(15,19)11(13(18)20-3)12(17)16(9)2/h5-7,11,19H,4H2,1-3H3. The number of benzene rings is 1. The first kappa shape index (κ1) is 14.8. The van der Waals surface area contributed by atoms with Crippen molar-refractivity contribution in [3.8, 4) is 0 Å². The lowest BCUT2D eigenvalue weighted by molar-refractivity contribution is -0.157. The zero-order valence-electron chi connectivity index (χ0n) is 11.5. The molecule has 0 bridgehead atoms. The molecule has 1 aromatic rings. The minimum atomic E-state index is -2.10. The van der Waals surface area contributed by atoms with E-state index in [2.05, 4.69) is 4.74 Å². The SMILES string of the molecule is CCc1cccc2c1C(O)(Cl)C(C(=O)OC)C(=O)N2C. The topological polar surface area (TPSA) is 66.8 Å². The van der Waals surface area contributed by atoms with Gasteiger partial charge in [0, 0.05) is 12.6 Å². The molecular formula is C14H16ClNO4. The lowest BCUT2D eigenvalue weighted by Gasteiger charge is -2.39. The molecule has 2 atom stereocenters. The van der Waals surface area contributed by atoms with E-state index < -0.39 is 22.9 Å². The fourth-order valence-electron chi connectivity index (χ4n) is 2.56. The number of halogens is 1. The first-order valence-corrected chi connectivity index (χ1v) is 6.63. The van der Waals surface area contributed by atoms with Crippen LogP contribution >= 0.6 is 11.6 Å². The molecule has 0 spiro atoms. The van der Waals surface area contributed by atoms with Crippen molar-refractivity contribution in [2.45, 2.75) is 18.4 Å². The summed E-state index contributed by atoms with van der Waals surface area (Å²) in [5, 5.41) is 8.51. The monoisotopic (exact) mass is 297 g/mol. The summed E-state index contributed by atoms with van der Waals surface area (Å²) >= 11 is 6.19.